The van der Waals surface area contributed by atoms with E-state index in [9.17, 15) is 8.42 Å². The van der Waals surface area contributed by atoms with Crippen molar-refractivity contribution < 1.29 is 8.42 Å². The molecule has 2 aromatic rings. The van der Waals surface area contributed by atoms with Crippen LogP contribution in [0.1, 0.15) is 5.56 Å². The minimum Gasteiger partial charge on any atom is -0.399 e. The van der Waals surface area contributed by atoms with Gasteiger partial charge in [0.2, 0.25) is 0 Å². The van der Waals surface area contributed by atoms with Crippen molar-refractivity contribution in [1.82, 2.24) is 4.24 Å². The lowest BCUT2D eigenvalue weighted by atomic mass is 10.0. The van der Waals surface area contributed by atoms with Crippen LogP contribution in [0.5, 0.6) is 0 Å². The number of aryl methyl sites for hydroxylation is 1. The number of rotatable bonds is 3. The van der Waals surface area contributed by atoms with Crippen molar-refractivity contribution in [1.29, 1.82) is 0 Å². The third kappa shape index (κ3) is 2.89. The van der Waals surface area contributed by atoms with E-state index in [-0.39, 0.29) is 4.90 Å². The highest BCUT2D eigenvalue weighted by atomic mass is 35.5. The summed E-state index contributed by atoms with van der Waals surface area (Å²) >= 11 is 5.28. The van der Waals surface area contributed by atoms with Crippen LogP contribution in [0.3, 0.4) is 0 Å². The molecule has 0 atom stereocenters. The Balaban J connectivity index is 2.68. The van der Waals surface area contributed by atoms with Crippen molar-refractivity contribution in [3.63, 3.8) is 0 Å². The summed E-state index contributed by atoms with van der Waals surface area (Å²) in [5.41, 5.74) is 8.60. The molecule has 0 saturated carbocycles. The van der Waals surface area contributed by atoms with E-state index in [1.807, 2.05) is 31.2 Å². The first kappa shape index (κ1) is 13.9. The van der Waals surface area contributed by atoms with E-state index < -0.39 is 10.0 Å². The summed E-state index contributed by atoms with van der Waals surface area (Å²) in [6, 6.07) is 12.1. The Morgan fingerprint density at radius 1 is 1.11 bits per heavy atom. The number of nitrogens with two attached hydrogens (primary N) is 1. The number of halogens is 1. The molecule has 0 radical (unpaired) electrons. The lowest BCUT2D eigenvalue weighted by Gasteiger charge is -2.10. The molecule has 0 aliphatic carbocycles. The highest BCUT2D eigenvalue weighted by Crippen LogP contribution is 2.29. The Labute approximate surface area is 117 Å². The van der Waals surface area contributed by atoms with E-state index in [1.165, 1.54) is 12.1 Å². The summed E-state index contributed by atoms with van der Waals surface area (Å²) in [5, 5.41) is 0. The lowest BCUT2D eigenvalue weighted by Crippen LogP contribution is -2.14. The van der Waals surface area contributed by atoms with Gasteiger partial charge in [0.1, 0.15) is 0 Å². The molecule has 2 aromatic carbocycles. The average Bonchev–Trinajstić information content (AvgIpc) is 2.39. The van der Waals surface area contributed by atoms with Crippen LogP contribution in [0, 0.1) is 6.92 Å². The SMILES string of the molecule is Cc1ccc(-c2cc(N)ccc2S(=O)(=O)NCl)cc1. The molecule has 19 heavy (non-hydrogen) atoms. The molecular weight excluding hydrogens is 284 g/mol. The second-order valence-electron chi connectivity index (χ2n) is 4.20. The van der Waals surface area contributed by atoms with Crippen LogP contribution in [-0.2, 0) is 10.0 Å². The second-order valence-corrected chi connectivity index (χ2v) is 6.27. The monoisotopic (exact) mass is 296 g/mol. The third-order valence-electron chi connectivity index (χ3n) is 2.76. The summed E-state index contributed by atoms with van der Waals surface area (Å²) in [4.78, 5) is 0.0977. The van der Waals surface area contributed by atoms with Gasteiger partial charge in [0.25, 0.3) is 10.0 Å². The molecule has 0 heterocycles. The Morgan fingerprint density at radius 3 is 2.32 bits per heavy atom. The van der Waals surface area contributed by atoms with Crippen LogP contribution in [0.4, 0.5) is 5.69 Å². The van der Waals surface area contributed by atoms with Gasteiger partial charge in [-0.05, 0) is 42.5 Å². The first-order chi connectivity index (χ1) is 8.94. The minimum absolute atomic E-state index is 0.0977. The van der Waals surface area contributed by atoms with Crippen LogP contribution in [-0.4, -0.2) is 8.42 Å². The molecule has 2 rings (SSSR count). The highest BCUT2D eigenvalue weighted by Gasteiger charge is 2.18. The van der Waals surface area contributed by atoms with Crippen molar-refractivity contribution >= 4 is 27.5 Å². The smallest absolute Gasteiger partial charge is 0.254 e. The topological polar surface area (TPSA) is 72.2 Å². The molecule has 0 unspecified atom stereocenters. The maximum Gasteiger partial charge on any atom is 0.254 e. The zero-order valence-electron chi connectivity index (χ0n) is 10.2. The Kier molecular flexibility index (Phi) is 3.80. The average molecular weight is 297 g/mol. The number of anilines is 1. The van der Waals surface area contributed by atoms with Crippen molar-refractivity contribution in [3.8, 4) is 11.1 Å². The molecule has 0 saturated heterocycles. The van der Waals surface area contributed by atoms with Crippen LogP contribution in [0.15, 0.2) is 47.4 Å². The van der Waals surface area contributed by atoms with Gasteiger partial charge >= 0.3 is 0 Å². The largest absolute Gasteiger partial charge is 0.399 e. The maximum atomic E-state index is 11.9. The van der Waals surface area contributed by atoms with E-state index in [0.29, 0.717) is 11.3 Å². The molecule has 0 aliphatic heterocycles. The Bertz CT molecular complexity index is 697. The highest BCUT2D eigenvalue weighted by molar-refractivity contribution is 7.90. The number of hydrogen-bond acceptors (Lipinski definition) is 3. The van der Waals surface area contributed by atoms with E-state index >= 15 is 0 Å². The molecule has 100 valence electrons. The van der Waals surface area contributed by atoms with Gasteiger partial charge in [-0.2, -0.15) is 0 Å². The maximum absolute atomic E-state index is 11.9. The lowest BCUT2D eigenvalue weighted by molar-refractivity contribution is 0.594. The van der Waals surface area contributed by atoms with Gasteiger partial charge in [-0.25, -0.2) is 8.42 Å². The molecule has 3 N–H and O–H groups in total. The summed E-state index contributed by atoms with van der Waals surface area (Å²) in [6.07, 6.45) is 0. The summed E-state index contributed by atoms with van der Waals surface area (Å²) in [6.45, 7) is 1.96. The van der Waals surface area contributed by atoms with Crippen LogP contribution >= 0.6 is 11.8 Å². The minimum atomic E-state index is -3.74. The predicted octanol–water partition coefficient (Wildman–Crippen LogP) is 2.68. The molecular formula is C13H13ClN2O2S. The fourth-order valence-electron chi connectivity index (χ4n) is 1.78. The fourth-order valence-corrected chi connectivity index (χ4v) is 2.83. The summed E-state index contributed by atoms with van der Waals surface area (Å²) < 4.78 is 25.6. The molecule has 0 spiro atoms. The first-order valence-electron chi connectivity index (χ1n) is 5.53. The van der Waals surface area contributed by atoms with E-state index in [4.69, 9.17) is 17.5 Å². The number of sulfonamides is 1. The van der Waals surface area contributed by atoms with Gasteiger partial charge in [0.05, 0.1) is 4.90 Å². The van der Waals surface area contributed by atoms with Gasteiger partial charge < -0.3 is 5.73 Å². The summed E-state index contributed by atoms with van der Waals surface area (Å²) in [5.74, 6) is 0. The van der Waals surface area contributed by atoms with Gasteiger partial charge in [-0.1, -0.05) is 29.8 Å². The van der Waals surface area contributed by atoms with Gasteiger partial charge in [0, 0.05) is 11.3 Å². The van der Waals surface area contributed by atoms with Crippen molar-refractivity contribution in [2.75, 3.05) is 5.73 Å². The van der Waals surface area contributed by atoms with Gasteiger partial charge in [-0.3, -0.25) is 0 Å². The quantitative estimate of drug-likeness (QED) is 0.675. The van der Waals surface area contributed by atoms with Crippen molar-refractivity contribution in [2.24, 2.45) is 0 Å². The van der Waals surface area contributed by atoms with Gasteiger partial charge in [0.15, 0.2) is 0 Å². The molecule has 0 aliphatic rings. The molecule has 4 nitrogen and oxygen atoms in total. The molecule has 6 heteroatoms. The second kappa shape index (κ2) is 5.21. The van der Waals surface area contributed by atoms with Crippen LogP contribution < -0.4 is 9.97 Å². The van der Waals surface area contributed by atoms with E-state index in [1.54, 1.807) is 10.3 Å². The first-order valence-corrected chi connectivity index (χ1v) is 7.39. The standard InChI is InChI=1S/C13H13ClN2O2S/c1-9-2-4-10(5-3-9)12-8-11(15)6-7-13(12)19(17,18)16-14/h2-8,16H,15H2,1H3. The van der Waals surface area contributed by atoms with Crippen LogP contribution in [0.2, 0.25) is 0 Å². The van der Waals surface area contributed by atoms with Crippen molar-refractivity contribution in [3.05, 3.63) is 48.0 Å². The van der Waals surface area contributed by atoms with E-state index in [2.05, 4.69) is 0 Å². The molecule has 0 amide bonds. The Hall–Kier alpha value is -1.56. The third-order valence-corrected chi connectivity index (χ3v) is 4.50. The molecule has 0 bridgehead atoms. The zero-order valence-corrected chi connectivity index (χ0v) is 11.8. The molecule has 0 fully saturated rings. The number of nitrogens with one attached hydrogen (secondary N) is 1. The van der Waals surface area contributed by atoms with Gasteiger partial charge in [-0.15, -0.1) is 4.24 Å². The number of nitrogen functional groups attached to an aromatic ring is 1. The molecule has 0 aromatic heterocycles. The predicted molar refractivity (Wildman–Crippen MR) is 77.2 cm³/mol. The van der Waals surface area contributed by atoms with Crippen LogP contribution in [0.25, 0.3) is 11.1 Å². The number of benzene rings is 2. The fraction of sp³-hybridized carbons (Fsp3) is 0.0769. The normalized spacial score (nSPS) is 11.5. The zero-order chi connectivity index (χ0) is 14.0. The summed E-state index contributed by atoms with van der Waals surface area (Å²) in [7, 11) is -3.74. The van der Waals surface area contributed by atoms with Crippen molar-refractivity contribution in [2.45, 2.75) is 11.8 Å². The number of hydrogen-bond donors (Lipinski definition) is 2. The van der Waals surface area contributed by atoms with E-state index in [0.717, 1.165) is 11.1 Å². The Morgan fingerprint density at radius 2 is 1.74 bits per heavy atom.